The van der Waals surface area contributed by atoms with Gasteiger partial charge in [0.15, 0.2) is 0 Å². The van der Waals surface area contributed by atoms with Gasteiger partial charge in [0.05, 0.1) is 17.2 Å². The van der Waals surface area contributed by atoms with Crippen LogP contribution in [-0.4, -0.2) is 37.8 Å². The van der Waals surface area contributed by atoms with Crippen LogP contribution in [0.5, 0.6) is 5.75 Å². The number of para-hydroxylation sites is 2. The van der Waals surface area contributed by atoms with Gasteiger partial charge in [0, 0.05) is 6.54 Å². The number of nitrogens with zero attached hydrogens (tertiary/aromatic N) is 1. The number of hydrogen-bond acceptors (Lipinski definition) is 4. The van der Waals surface area contributed by atoms with E-state index in [0.29, 0.717) is 37.4 Å². The first-order valence-electron chi connectivity index (χ1n) is 9.04. The molecule has 1 N–H and O–H groups in total. The number of sulfonamides is 1. The highest BCUT2D eigenvalue weighted by Gasteiger charge is 2.39. The van der Waals surface area contributed by atoms with Crippen molar-refractivity contribution in [1.29, 1.82) is 0 Å². The van der Waals surface area contributed by atoms with Crippen molar-refractivity contribution in [1.82, 2.24) is 4.31 Å². The molecular weight excluding hydrogens is 364 g/mol. The van der Waals surface area contributed by atoms with Gasteiger partial charge < -0.3 is 10.1 Å². The van der Waals surface area contributed by atoms with Crippen LogP contribution < -0.4 is 10.1 Å². The molecule has 2 aromatic rings. The number of nitrogens with one attached hydrogen (secondary N) is 1. The van der Waals surface area contributed by atoms with E-state index in [0.717, 1.165) is 5.56 Å². The zero-order valence-electron chi connectivity index (χ0n) is 15.5. The van der Waals surface area contributed by atoms with Gasteiger partial charge in [-0.25, -0.2) is 8.42 Å². The van der Waals surface area contributed by atoms with Gasteiger partial charge in [-0.05, 0) is 51.0 Å². The summed E-state index contributed by atoms with van der Waals surface area (Å²) in [4.78, 5) is 13.1. The number of anilines is 1. The van der Waals surface area contributed by atoms with Crippen LogP contribution in [-0.2, 0) is 14.8 Å². The van der Waals surface area contributed by atoms with Crippen LogP contribution in [0.25, 0.3) is 0 Å². The molecule has 1 unspecified atom stereocenters. The summed E-state index contributed by atoms with van der Waals surface area (Å²) in [6.45, 7) is 4.58. The largest absolute Gasteiger partial charge is 0.492 e. The quantitative estimate of drug-likeness (QED) is 0.825. The van der Waals surface area contributed by atoms with E-state index >= 15 is 0 Å². The maximum atomic E-state index is 13.0. The monoisotopic (exact) mass is 388 g/mol. The average molecular weight is 388 g/mol. The van der Waals surface area contributed by atoms with Crippen molar-refractivity contribution < 1.29 is 17.9 Å². The molecule has 1 fully saturated rings. The molecule has 3 rings (SSSR count). The van der Waals surface area contributed by atoms with Gasteiger partial charge in [-0.3, -0.25) is 4.79 Å². The number of carbonyl (C=O) groups is 1. The van der Waals surface area contributed by atoms with E-state index in [1.54, 1.807) is 42.5 Å². The molecule has 1 aliphatic heterocycles. The minimum Gasteiger partial charge on any atom is -0.492 e. The fraction of sp³-hybridized carbons (Fsp3) is 0.350. The number of carbonyl (C=O) groups excluding carboxylic acids is 1. The van der Waals surface area contributed by atoms with Gasteiger partial charge in [-0.1, -0.05) is 29.8 Å². The Hall–Kier alpha value is -2.38. The predicted octanol–water partition coefficient (Wildman–Crippen LogP) is 3.19. The second-order valence-electron chi connectivity index (χ2n) is 6.51. The molecule has 1 aliphatic rings. The van der Waals surface area contributed by atoms with Crippen molar-refractivity contribution in [2.24, 2.45) is 0 Å². The zero-order valence-corrected chi connectivity index (χ0v) is 16.3. The second kappa shape index (κ2) is 8.10. The zero-order chi connectivity index (χ0) is 19.4. The van der Waals surface area contributed by atoms with E-state index in [2.05, 4.69) is 5.32 Å². The lowest BCUT2D eigenvalue weighted by molar-refractivity contribution is -0.119. The highest BCUT2D eigenvalue weighted by molar-refractivity contribution is 7.89. The van der Waals surface area contributed by atoms with Crippen molar-refractivity contribution in [2.45, 2.75) is 37.6 Å². The van der Waals surface area contributed by atoms with E-state index in [1.807, 2.05) is 19.9 Å². The van der Waals surface area contributed by atoms with Crippen LogP contribution in [0.1, 0.15) is 25.3 Å². The molecule has 1 atom stereocenters. The van der Waals surface area contributed by atoms with Crippen LogP contribution in [0.15, 0.2) is 53.4 Å². The van der Waals surface area contributed by atoms with Crippen LogP contribution in [0.4, 0.5) is 5.69 Å². The Balaban J connectivity index is 1.82. The van der Waals surface area contributed by atoms with Gasteiger partial charge >= 0.3 is 0 Å². The molecule has 1 saturated heterocycles. The Morgan fingerprint density at radius 2 is 1.89 bits per heavy atom. The Bertz CT molecular complexity index is 910. The highest BCUT2D eigenvalue weighted by Crippen LogP contribution is 2.29. The highest BCUT2D eigenvalue weighted by atomic mass is 32.2. The lowest BCUT2D eigenvalue weighted by Crippen LogP contribution is -2.43. The first kappa shape index (κ1) is 19.4. The van der Waals surface area contributed by atoms with E-state index in [-0.39, 0.29) is 10.8 Å². The maximum absolute atomic E-state index is 13.0. The third kappa shape index (κ3) is 4.14. The van der Waals surface area contributed by atoms with Gasteiger partial charge in [-0.2, -0.15) is 4.31 Å². The number of hydrogen-bond donors (Lipinski definition) is 1. The Morgan fingerprint density at radius 1 is 1.19 bits per heavy atom. The smallest absolute Gasteiger partial charge is 0.243 e. The number of benzene rings is 2. The van der Waals surface area contributed by atoms with Crippen LogP contribution in [0.2, 0.25) is 0 Å². The van der Waals surface area contributed by atoms with Gasteiger partial charge in [0.2, 0.25) is 15.9 Å². The Kier molecular flexibility index (Phi) is 5.82. The first-order chi connectivity index (χ1) is 12.9. The van der Waals surface area contributed by atoms with Crippen molar-refractivity contribution in [3.63, 3.8) is 0 Å². The van der Waals surface area contributed by atoms with Crippen molar-refractivity contribution in [3.8, 4) is 5.75 Å². The molecule has 2 aromatic carbocycles. The molecular formula is C20H24N2O4S. The maximum Gasteiger partial charge on any atom is 0.243 e. The molecule has 6 nitrogen and oxygen atoms in total. The summed E-state index contributed by atoms with van der Waals surface area (Å²) in [6.07, 6.45) is 1.14. The van der Waals surface area contributed by atoms with Gasteiger partial charge in [0.25, 0.3) is 0 Å². The third-order valence-electron chi connectivity index (χ3n) is 4.58. The predicted molar refractivity (Wildman–Crippen MR) is 104 cm³/mol. The fourth-order valence-electron chi connectivity index (χ4n) is 3.20. The van der Waals surface area contributed by atoms with Crippen LogP contribution in [0.3, 0.4) is 0 Å². The van der Waals surface area contributed by atoms with Gasteiger partial charge in [0.1, 0.15) is 11.8 Å². The second-order valence-corrected chi connectivity index (χ2v) is 8.40. The van der Waals surface area contributed by atoms with Crippen LogP contribution >= 0.6 is 0 Å². The molecule has 0 aromatic heterocycles. The lowest BCUT2D eigenvalue weighted by atomic mass is 10.2. The lowest BCUT2D eigenvalue weighted by Gasteiger charge is -2.24. The normalized spacial score (nSPS) is 17.6. The Morgan fingerprint density at radius 3 is 2.59 bits per heavy atom. The van der Waals surface area contributed by atoms with Crippen LogP contribution in [0, 0.1) is 6.92 Å². The topological polar surface area (TPSA) is 75.7 Å². The summed E-state index contributed by atoms with van der Waals surface area (Å²) < 4.78 is 32.8. The fourth-order valence-corrected chi connectivity index (χ4v) is 4.86. The molecule has 144 valence electrons. The van der Waals surface area contributed by atoms with Crippen molar-refractivity contribution >= 4 is 21.6 Å². The summed E-state index contributed by atoms with van der Waals surface area (Å²) in [6, 6.07) is 13.1. The summed E-state index contributed by atoms with van der Waals surface area (Å²) in [5.41, 5.74) is 1.53. The van der Waals surface area contributed by atoms with E-state index < -0.39 is 16.1 Å². The van der Waals surface area contributed by atoms with E-state index in [4.69, 9.17) is 4.74 Å². The molecule has 0 bridgehead atoms. The number of rotatable bonds is 6. The minimum atomic E-state index is -3.72. The molecule has 0 spiro atoms. The summed E-state index contributed by atoms with van der Waals surface area (Å²) in [5.74, 6) is 0.231. The van der Waals surface area contributed by atoms with E-state index in [9.17, 15) is 13.2 Å². The molecule has 1 heterocycles. The number of ether oxygens (including phenoxy) is 1. The molecule has 0 saturated carbocycles. The molecule has 7 heteroatoms. The summed E-state index contributed by atoms with van der Waals surface area (Å²) >= 11 is 0. The molecule has 27 heavy (non-hydrogen) atoms. The van der Waals surface area contributed by atoms with E-state index in [1.165, 1.54) is 4.31 Å². The SMILES string of the molecule is CCOc1ccccc1NC(=O)C1CCCN1S(=O)(=O)c1ccc(C)cc1. The number of aryl methyl sites for hydroxylation is 1. The first-order valence-corrected chi connectivity index (χ1v) is 10.5. The molecule has 0 aliphatic carbocycles. The van der Waals surface area contributed by atoms with Gasteiger partial charge in [-0.15, -0.1) is 0 Å². The minimum absolute atomic E-state index is 0.211. The standard InChI is InChI=1S/C20H24N2O4S/c1-3-26-19-9-5-4-7-17(19)21-20(23)18-8-6-14-22(18)27(24,25)16-12-10-15(2)11-13-16/h4-5,7,9-13,18H,3,6,8,14H2,1-2H3,(H,21,23). The van der Waals surface area contributed by atoms with Crippen molar-refractivity contribution in [2.75, 3.05) is 18.5 Å². The molecule has 0 radical (unpaired) electrons. The molecule has 1 amide bonds. The number of amides is 1. The summed E-state index contributed by atoms with van der Waals surface area (Å²) in [7, 11) is -3.72. The average Bonchev–Trinajstić information content (AvgIpc) is 3.15. The third-order valence-corrected chi connectivity index (χ3v) is 6.50. The van der Waals surface area contributed by atoms with Crippen molar-refractivity contribution in [3.05, 3.63) is 54.1 Å². The summed E-state index contributed by atoms with van der Waals surface area (Å²) in [5, 5.41) is 2.83. The Labute approximate surface area is 160 Å².